The van der Waals surface area contributed by atoms with E-state index in [2.05, 4.69) is 29.1 Å². The van der Waals surface area contributed by atoms with Gasteiger partial charge in [0.2, 0.25) is 5.91 Å². The third kappa shape index (κ3) is 4.20. The minimum Gasteiger partial charge on any atom is -0.370 e. The van der Waals surface area contributed by atoms with Crippen molar-refractivity contribution in [2.45, 2.75) is 50.9 Å². The number of fused-ring (bicyclic) bond motifs is 2. The summed E-state index contributed by atoms with van der Waals surface area (Å²) in [6, 6.07) is 6.61. The van der Waals surface area contributed by atoms with E-state index in [-0.39, 0.29) is 18.1 Å². The van der Waals surface area contributed by atoms with Crippen LogP contribution in [0.15, 0.2) is 30.6 Å². The molecule has 7 heteroatoms. The number of hydrogen-bond donors (Lipinski definition) is 0. The SMILES string of the molecule is C[C@H]1C[C@@]2(CCN1Cc1cnn(CC(=O)N(C)C)c1)OCCc1ccc(Cl)cc12. The van der Waals surface area contributed by atoms with Gasteiger partial charge in [-0.15, -0.1) is 0 Å². The molecule has 1 saturated heterocycles. The Bertz CT molecular complexity index is 897. The molecule has 2 aliphatic heterocycles. The number of likely N-dealkylation sites (N-methyl/N-ethyl adjacent to an activating group) is 1. The zero-order chi connectivity index (χ0) is 20.6. The number of benzene rings is 1. The van der Waals surface area contributed by atoms with E-state index in [0.29, 0.717) is 6.04 Å². The molecule has 0 bridgehead atoms. The first-order valence-electron chi connectivity index (χ1n) is 10.2. The number of piperidine rings is 1. The van der Waals surface area contributed by atoms with Crippen LogP contribution in [0, 0.1) is 0 Å². The van der Waals surface area contributed by atoms with Gasteiger partial charge in [0, 0.05) is 50.0 Å². The average molecular weight is 417 g/mol. The van der Waals surface area contributed by atoms with Crippen LogP contribution in [-0.4, -0.2) is 58.8 Å². The maximum Gasteiger partial charge on any atom is 0.243 e. The van der Waals surface area contributed by atoms with E-state index < -0.39 is 0 Å². The van der Waals surface area contributed by atoms with E-state index >= 15 is 0 Å². The lowest BCUT2D eigenvalue weighted by molar-refractivity contribution is -0.129. The molecule has 2 atom stereocenters. The summed E-state index contributed by atoms with van der Waals surface area (Å²) in [6.45, 7) is 5.10. The molecule has 1 amide bonds. The normalized spacial score (nSPS) is 24.5. The molecule has 0 aliphatic carbocycles. The summed E-state index contributed by atoms with van der Waals surface area (Å²) in [6.07, 6.45) is 6.71. The molecular weight excluding hydrogens is 388 g/mol. The molecule has 0 radical (unpaired) electrons. The van der Waals surface area contributed by atoms with Crippen molar-refractivity contribution in [1.82, 2.24) is 19.6 Å². The van der Waals surface area contributed by atoms with Crippen LogP contribution in [0.5, 0.6) is 0 Å². The second-order valence-electron chi connectivity index (χ2n) is 8.50. The predicted molar refractivity (Wildman–Crippen MR) is 113 cm³/mol. The number of halogens is 1. The van der Waals surface area contributed by atoms with Crippen LogP contribution in [0.1, 0.15) is 36.5 Å². The van der Waals surface area contributed by atoms with Crippen LogP contribution in [-0.2, 0) is 34.6 Å². The van der Waals surface area contributed by atoms with Crippen molar-refractivity contribution in [1.29, 1.82) is 0 Å². The third-order valence-electron chi connectivity index (χ3n) is 6.23. The lowest BCUT2D eigenvalue weighted by Crippen LogP contribution is -2.50. The van der Waals surface area contributed by atoms with Gasteiger partial charge in [-0.1, -0.05) is 17.7 Å². The summed E-state index contributed by atoms with van der Waals surface area (Å²) >= 11 is 6.31. The van der Waals surface area contributed by atoms with E-state index in [1.54, 1.807) is 23.7 Å². The number of ether oxygens (including phenoxy) is 1. The van der Waals surface area contributed by atoms with Crippen LogP contribution in [0.25, 0.3) is 0 Å². The van der Waals surface area contributed by atoms with Gasteiger partial charge in [0.1, 0.15) is 6.54 Å². The number of carbonyl (C=O) groups is 1. The van der Waals surface area contributed by atoms with E-state index in [1.807, 2.05) is 18.5 Å². The van der Waals surface area contributed by atoms with Gasteiger partial charge < -0.3 is 9.64 Å². The highest BCUT2D eigenvalue weighted by atomic mass is 35.5. The Hall–Kier alpha value is -1.89. The molecule has 0 unspecified atom stereocenters. The number of nitrogens with zero attached hydrogens (tertiary/aromatic N) is 4. The maximum absolute atomic E-state index is 11.9. The molecule has 2 aromatic rings. The molecule has 6 nitrogen and oxygen atoms in total. The Balaban J connectivity index is 1.44. The highest BCUT2D eigenvalue weighted by Crippen LogP contribution is 2.44. The quantitative estimate of drug-likeness (QED) is 0.768. The maximum atomic E-state index is 11.9. The third-order valence-corrected chi connectivity index (χ3v) is 6.47. The van der Waals surface area contributed by atoms with Crippen LogP contribution < -0.4 is 0 Å². The molecule has 1 aromatic heterocycles. The second kappa shape index (κ2) is 8.09. The molecule has 0 saturated carbocycles. The van der Waals surface area contributed by atoms with Crippen molar-refractivity contribution >= 4 is 17.5 Å². The monoisotopic (exact) mass is 416 g/mol. The van der Waals surface area contributed by atoms with Gasteiger partial charge in [0.05, 0.1) is 18.4 Å². The predicted octanol–water partition coefficient (Wildman–Crippen LogP) is 3.08. The topological polar surface area (TPSA) is 50.6 Å². The van der Waals surface area contributed by atoms with Crippen LogP contribution in [0.3, 0.4) is 0 Å². The molecule has 1 fully saturated rings. The Morgan fingerprint density at radius 3 is 3.00 bits per heavy atom. The van der Waals surface area contributed by atoms with Crippen molar-refractivity contribution in [3.8, 4) is 0 Å². The zero-order valence-electron chi connectivity index (χ0n) is 17.4. The van der Waals surface area contributed by atoms with E-state index in [1.165, 1.54) is 11.1 Å². The van der Waals surface area contributed by atoms with Gasteiger partial charge in [0.15, 0.2) is 0 Å². The van der Waals surface area contributed by atoms with E-state index in [9.17, 15) is 4.79 Å². The minimum absolute atomic E-state index is 0.0414. The summed E-state index contributed by atoms with van der Waals surface area (Å²) in [5.74, 6) is 0.0414. The first-order chi connectivity index (χ1) is 13.9. The smallest absolute Gasteiger partial charge is 0.243 e. The second-order valence-corrected chi connectivity index (χ2v) is 8.94. The first-order valence-corrected chi connectivity index (χ1v) is 10.6. The molecule has 1 aromatic carbocycles. The lowest BCUT2D eigenvalue weighted by atomic mass is 9.77. The minimum atomic E-state index is -0.225. The molecule has 1 spiro atoms. The standard InChI is InChI=1S/C22H29ClN4O2/c1-16-11-22(20-10-19(23)5-4-18(20)6-9-29-22)7-8-26(16)13-17-12-24-27(14-17)15-21(28)25(2)3/h4-5,10,12,14,16H,6-9,11,13,15H2,1-3H3/t16-,22+/m0/s1. The number of rotatable bonds is 4. The van der Waals surface area contributed by atoms with Crippen molar-refractivity contribution in [3.05, 3.63) is 52.3 Å². The van der Waals surface area contributed by atoms with Gasteiger partial charge in [-0.2, -0.15) is 5.10 Å². The summed E-state index contributed by atoms with van der Waals surface area (Å²) in [5.41, 5.74) is 3.55. The Labute approximate surface area is 177 Å². The number of likely N-dealkylation sites (tertiary alicyclic amines) is 1. The number of amides is 1. The fraction of sp³-hybridized carbons (Fsp3) is 0.545. The first kappa shape index (κ1) is 20.4. The van der Waals surface area contributed by atoms with Crippen molar-refractivity contribution in [2.24, 2.45) is 0 Å². The lowest BCUT2D eigenvalue weighted by Gasteiger charge is -2.48. The average Bonchev–Trinajstić information content (AvgIpc) is 3.12. The molecule has 3 heterocycles. The summed E-state index contributed by atoms with van der Waals surface area (Å²) in [7, 11) is 3.52. The molecule has 2 aliphatic rings. The van der Waals surface area contributed by atoms with Crippen LogP contribution in [0.4, 0.5) is 0 Å². The van der Waals surface area contributed by atoms with Gasteiger partial charge in [-0.3, -0.25) is 14.4 Å². The van der Waals surface area contributed by atoms with Crippen LogP contribution >= 0.6 is 11.6 Å². The largest absolute Gasteiger partial charge is 0.370 e. The van der Waals surface area contributed by atoms with Crippen molar-refractivity contribution in [2.75, 3.05) is 27.2 Å². The molecular formula is C22H29ClN4O2. The number of aromatic nitrogens is 2. The number of hydrogen-bond acceptors (Lipinski definition) is 4. The molecule has 4 rings (SSSR count). The summed E-state index contributed by atoms with van der Waals surface area (Å²) in [4.78, 5) is 16.0. The fourth-order valence-electron chi connectivity index (χ4n) is 4.58. The van der Waals surface area contributed by atoms with E-state index in [0.717, 1.165) is 49.5 Å². The van der Waals surface area contributed by atoms with Gasteiger partial charge >= 0.3 is 0 Å². The Morgan fingerprint density at radius 1 is 1.41 bits per heavy atom. The summed E-state index contributed by atoms with van der Waals surface area (Å²) in [5, 5.41) is 5.14. The molecule has 29 heavy (non-hydrogen) atoms. The Kier molecular flexibility index (Phi) is 5.69. The van der Waals surface area contributed by atoms with Gasteiger partial charge in [-0.05, 0) is 49.4 Å². The number of carbonyl (C=O) groups excluding carboxylic acids is 1. The Morgan fingerprint density at radius 2 is 2.24 bits per heavy atom. The van der Waals surface area contributed by atoms with E-state index in [4.69, 9.17) is 16.3 Å². The molecule has 0 N–H and O–H groups in total. The van der Waals surface area contributed by atoms with Crippen LogP contribution in [0.2, 0.25) is 5.02 Å². The highest BCUT2D eigenvalue weighted by molar-refractivity contribution is 6.30. The summed E-state index contributed by atoms with van der Waals surface area (Å²) < 4.78 is 8.10. The fourth-order valence-corrected chi connectivity index (χ4v) is 4.75. The molecule has 156 valence electrons. The van der Waals surface area contributed by atoms with Crippen molar-refractivity contribution < 1.29 is 9.53 Å². The highest BCUT2D eigenvalue weighted by Gasteiger charge is 2.43. The van der Waals surface area contributed by atoms with Gasteiger partial charge in [0.25, 0.3) is 0 Å². The zero-order valence-corrected chi connectivity index (χ0v) is 18.2. The van der Waals surface area contributed by atoms with Crippen molar-refractivity contribution in [3.63, 3.8) is 0 Å². The van der Waals surface area contributed by atoms with Gasteiger partial charge in [-0.25, -0.2) is 0 Å².